The van der Waals surface area contributed by atoms with E-state index in [-0.39, 0.29) is 5.91 Å². The van der Waals surface area contributed by atoms with Gasteiger partial charge in [0, 0.05) is 25.6 Å². The van der Waals surface area contributed by atoms with Gasteiger partial charge in [0.1, 0.15) is 5.75 Å². The average Bonchev–Trinajstić information content (AvgIpc) is 3.36. The van der Waals surface area contributed by atoms with E-state index < -0.39 is 10.0 Å². The fourth-order valence-corrected chi connectivity index (χ4v) is 6.88. The lowest BCUT2D eigenvalue weighted by atomic mass is 9.95. The van der Waals surface area contributed by atoms with Crippen LogP contribution in [-0.4, -0.2) is 44.9 Å². The maximum Gasteiger partial charge on any atom is 0.243 e. The van der Waals surface area contributed by atoms with E-state index in [1.54, 1.807) is 29.6 Å². The average molecular weight is 421 g/mol. The zero-order chi connectivity index (χ0) is 20.4. The van der Waals surface area contributed by atoms with Crippen molar-refractivity contribution in [1.82, 2.24) is 9.62 Å². The molecule has 0 radical (unpaired) electrons. The van der Waals surface area contributed by atoms with Crippen LogP contribution in [0.25, 0.3) is 0 Å². The summed E-state index contributed by atoms with van der Waals surface area (Å²) in [4.78, 5) is 12.8. The molecular formula is C22H32N2O4S. The molecule has 0 aromatic heterocycles. The van der Waals surface area contributed by atoms with Gasteiger partial charge in [0.15, 0.2) is 0 Å². The SMILES string of the molecule is COc1ccc(S(=O)(=O)N2CCCCC2)cc1CCC(=O)N[C@@H]1C[C@H]2CC[C@H]1C2. The van der Waals surface area contributed by atoms with Gasteiger partial charge in [-0.3, -0.25) is 4.79 Å². The summed E-state index contributed by atoms with van der Waals surface area (Å²) in [6, 6.07) is 5.34. The first-order valence-electron chi connectivity index (χ1n) is 10.9. The van der Waals surface area contributed by atoms with E-state index in [1.165, 1.54) is 19.3 Å². The van der Waals surface area contributed by atoms with E-state index in [1.807, 2.05) is 0 Å². The van der Waals surface area contributed by atoms with E-state index in [4.69, 9.17) is 4.74 Å². The topological polar surface area (TPSA) is 75.7 Å². The Morgan fingerprint density at radius 2 is 1.97 bits per heavy atom. The molecule has 2 saturated carbocycles. The van der Waals surface area contributed by atoms with Crippen LogP contribution < -0.4 is 10.1 Å². The van der Waals surface area contributed by atoms with E-state index in [2.05, 4.69) is 5.32 Å². The molecule has 3 atom stereocenters. The summed E-state index contributed by atoms with van der Waals surface area (Å²) >= 11 is 0. The van der Waals surface area contributed by atoms with Gasteiger partial charge in [-0.05, 0) is 74.1 Å². The summed E-state index contributed by atoms with van der Waals surface area (Å²) in [5.41, 5.74) is 0.772. The molecule has 160 valence electrons. The number of amides is 1. The molecule has 7 heteroatoms. The third-order valence-corrected chi connectivity index (χ3v) is 8.81. The molecule has 1 amide bonds. The lowest BCUT2D eigenvalue weighted by Gasteiger charge is -2.26. The molecule has 2 bridgehead atoms. The Labute approximate surface area is 174 Å². The number of fused-ring (bicyclic) bond motifs is 2. The quantitative estimate of drug-likeness (QED) is 0.735. The highest BCUT2D eigenvalue weighted by Crippen LogP contribution is 2.44. The van der Waals surface area contributed by atoms with Crippen LogP contribution in [-0.2, 0) is 21.2 Å². The van der Waals surface area contributed by atoms with Crippen LogP contribution in [0.5, 0.6) is 5.75 Å². The minimum Gasteiger partial charge on any atom is -0.496 e. The van der Waals surface area contributed by atoms with Gasteiger partial charge < -0.3 is 10.1 Å². The van der Waals surface area contributed by atoms with Crippen molar-refractivity contribution in [3.8, 4) is 5.75 Å². The Morgan fingerprint density at radius 3 is 2.62 bits per heavy atom. The second-order valence-corrected chi connectivity index (χ2v) is 10.7. The Morgan fingerprint density at radius 1 is 1.17 bits per heavy atom. The number of carbonyl (C=O) groups excluding carboxylic acids is 1. The van der Waals surface area contributed by atoms with Crippen molar-refractivity contribution < 1.29 is 17.9 Å². The number of rotatable bonds is 7. The number of carbonyl (C=O) groups is 1. The van der Waals surface area contributed by atoms with Crippen LogP contribution in [0, 0.1) is 11.8 Å². The number of nitrogens with zero attached hydrogens (tertiary/aromatic N) is 1. The number of aryl methyl sites for hydroxylation is 1. The number of methoxy groups -OCH3 is 1. The Kier molecular flexibility index (Phi) is 6.16. The maximum absolute atomic E-state index is 13.0. The van der Waals surface area contributed by atoms with Crippen LogP contribution >= 0.6 is 0 Å². The fourth-order valence-electron chi connectivity index (χ4n) is 5.31. The monoisotopic (exact) mass is 420 g/mol. The molecular weight excluding hydrogens is 388 g/mol. The standard InChI is InChI=1S/C22H32N2O4S/c1-28-21-9-8-19(29(26,27)24-11-3-2-4-12-24)15-18(21)7-10-22(25)23-20-14-16-5-6-17(20)13-16/h8-9,15-17,20H,2-7,10-14H2,1H3,(H,23,25)/t16-,17-,20+/m0/s1. The van der Waals surface area contributed by atoms with Crippen LogP contribution in [0.1, 0.15) is 56.9 Å². The molecule has 1 heterocycles. The highest BCUT2D eigenvalue weighted by molar-refractivity contribution is 7.89. The van der Waals surface area contributed by atoms with Crippen LogP contribution in [0.15, 0.2) is 23.1 Å². The first kappa shape index (κ1) is 20.7. The van der Waals surface area contributed by atoms with Gasteiger partial charge in [-0.25, -0.2) is 8.42 Å². The minimum absolute atomic E-state index is 0.0499. The van der Waals surface area contributed by atoms with Crippen molar-refractivity contribution in [1.29, 1.82) is 0 Å². The molecule has 3 fully saturated rings. The molecule has 2 aliphatic carbocycles. The molecule has 1 N–H and O–H groups in total. The molecule has 4 rings (SSSR count). The van der Waals surface area contributed by atoms with Gasteiger partial charge in [0.2, 0.25) is 15.9 Å². The fraction of sp³-hybridized carbons (Fsp3) is 0.682. The maximum atomic E-state index is 13.0. The minimum atomic E-state index is -3.50. The highest BCUT2D eigenvalue weighted by atomic mass is 32.2. The van der Waals surface area contributed by atoms with Crippen LogP contribution in [0.2, 0.25) is 0 Å². The molecule has 0 unspecified atom stereocenters. The van der Waals surface area contributed by atoms with Crippen LogP contribution in [0.4, 0.5) is 0 Å². The summed E-state index contributed by atoms with van der Waals surface area (Å²) < 4.78 is 33.0. The Hall–Kier alpha value is -1.60. The predicted octanol–water partition coefficient (Wildman–Crippen LogP) is 3.11. The van der Waals surface area contributed by atoms with Crippen molar-refractivity contribution in [3.63, 3.8) is 0 Å². The van der Waals surface area contributed by atoms with Crippen molar-refractivity contribution in [2.75, 3.05) is 20.2 Å². The van der Waals surface area contributed by atoms with Gasteiger partial charge in [-0.2, -0.15) is 4.31 Å². The van der Waals surface area contributed by atoms with Crippen LogP contribution in [0.3, 0.4) is 0 Å². The molecule has 0 spiro atoms. The number of ether oxygens (including phenoxy) is 1. The number of sulfonamides is 1. The van der Waals surface area contributed by atoms with Gasteiger partial charge >= 0.3 is 0 Å². The molecule has 1 aromatic rings. The van der Waals surface area contributed by atoms with Crippen molar-refractivity contribution >= 4 is 15.9 Å². The number of piperidine rings is 1. The largest absolute Gasteiger partial charge is 0.496 e. The van der Waals surface area contributed by atoms with Crippen molar-refractivity contribution in [2.45, 2.75) is 68.7 Å². The van der Waals surface area contributed by atoms with Gasteiger partial charge in [-0.15, -0.1) is 0 Å². The summed E-state index contributed by atoms with van der Waals surface area (Å²) in [7, 11) is -1.92. The van der Waals surface area contributed by atoms with E-state index in [9.17, 15) is 13.2 Å². The van der Waals surface area contributed by atoms with E-state index in [0.717, 1.165) is 37.2 Å². The lowest BCUT2D eigenvalue weighted by molar-refractivity contribution is -0.122. The Bertz CT molecular complexity index is 848. The highest BCUT2D eigenvalue weighted by Gasteiger charge is 2.40. The smallest absolute Gasteiger partial charge is 0.243 e. The number of nitrogens with one attached hydrogen (secondary N) is 1. The van der Waals surface area contributed by atoms with E-state index in [0.29, 0.717) is 48.5 Å². The van der Waals surface area contributed by atoms with Gasteiger partial charge in [0.25, 0.3) is 0 Å². The normalized spacial score (nSPS) is 27.1. The summed E-state index contributed by atoms with van der Waals surface area (Å²) in [5, 5.41) is 3.21. The third kappa shape index (κ3) is 4.45. The lowest BCUT2D eigenvalue weighted by Crippen LogP contribution is -2.38. The zero-order valence-electron chi connectivity index (χ0n) is 17.2. The van der Waals surface area contributed by atoms with Crippen molar-refractivity contribution in [3.05, 3.63) is 23.8 Å². The van der Waals surface area contributed by atoms with Gasteiger partial charge in [-0.1, -0.05) is 12.8 Å². The van der Waals surface area contributed by atoms with Gasteiger partial charge in [0.05, 0.1) is 12.0 Å². The third-order valence-electron chi connectivity index (χ3n) is 6.91. The first-order chi connectivity index (χ1) is 14.0. The second kappa shape index (κ2) is 8.64. The van der Waals surface area contributed by atoms with E-state index >= 15 is 0 Å². The number of hydrogen-bond donors (Lipinski definition) is 1. The molecule has 1 aliphatic heterocycles. The first-order valence-corrected chi connectivity index (χ1v) is 12.4. The zero-order valence-corrected chi connectivity index (χ0v) is 18.0. The summed E-state index contributed by atoms with van der Waals surface area (Å²) in [6.45, 7) is 1.16. The molecule has 1 aromatic carbocycles. The molecule has 1 saturated heterocycles. The van der Waals surface area contributed by atoms with Crippen molar-refractivity contribution in [2.24, 2.45) is 11.8 Å². The molecule has 3 aliphatic rings. The number of benzene rings is 1. The molecule has 29 heavy (non-hydrogen) atoms. The number of hydrogen-bond acceptors (Lipinski definition) is 4. The Balaban J connectivity index is 1.42. The summed E-state index contributed by atoms with van der Waals surface area (Å²) in [5.74, 6) is 2.13. The second-order valence-electron chi connectivity index (χ2n) is 8.79. The molecule has 6 nitrogen and oxygen atoms in total. The summed E-state index contributed by atoms with van der Waals surface area (Å²) in [6.07, 6.45) is 8.63. The predicted molar refractivity (Wildman–Crippen MR) is 111 cm³/mol.